The van der Waals surface area contributed by atoms with Gasteiger partial charge in [0.05, 0.1) is 21.3 Å². The number of hydrogen-bond donors (Lipinski definition) is 0. The molecule has 0 unspecified atom stereocenters. The van der Waals surface area contributed by atoms with Gasteiger partial charge in [0, 0.05) is 32.7 Å². The first-order valence-electron chi connectivity index (χ1n) is 14.7. The Morgan fingerprint density at radius 1 is 0.500 bits per heavy atom. The second-order valence-corrected chi connectivity index (χ2v) is 12.1. The molecule has 0 fully saturated rings. The third-order valence-corrected chi connectivity index (χ3v) is 9.76. The first-order chi connectivity index (χ1) is 21.8. The minimum Gasteiger partial charge on any atom is -0.309 e. The Labute approximate surface area is 257 Å². The van der Waals surface area contributed by atoms with Crippen LogP contribution in [0.3, 0.4) is 0 Å². The fraction of sp³-hybridized carbons (Fsp3) is 0. The van der Waals surface area contributed by atoms with Gasteiger partial charge in [0.1, 0.15) is 6.33 Å². The summed E-state index contributed by atoms with van der Waals surface area (Å²) < 4.78 is 4.75. The molecule has 0 bridgehead atoms. The van der Waals surface area contributed by atoms with E-state index in [4.69, 9.17) is 0 Å². The van der Waals surface area contributed by atoms with Gasteiger partial charge in [-0.05, 0) is 63.0 Å². The monoisotopic (exact) mass is 579 g/mol. The number of aromatic nitrogens is 3. The lowest BCUT2D eigenvalue weighted by molar-refractivity contribution is 1.17. The Balaban J connectivity index is 1.53. The fourth-order valence-corrected chi connectivity index (χ4v) is 7.83. The number of thiophene rings is 1. The smallest absolute Gasteiger partial charge is 0.116 e. The molecule has 0 aliphatic rings. The van der Waals surface area contributed by atoms with Gasteiger partial charge in [0.25, 0.3) is 0 Å². The average Bonchev–Trinajstić information content (AvgIpc) is 3.49. The van der Waals surface area contributed by atoms with Crippen molar-refractivity contribution < 1.29 is 0 Å². The Kier molecular flexibility index (Phi) is 5.68. The zero-order valence-electron chi connectivity index (χ0n) is 23.7. The second kappa shape index (κ2) is 10.0. The quantitative estimate of drug-likeness (QED) is 0.204. The van der Waals surface area contributed by atoms with Crippen LogP contribution in [0.15, 0.2) is 152 Å². The van der Waals surface area contributed by atoms with Crippen molar-refractivity contribution in [1.82, 2.24) is 14.5 Å². The normalized spacial score (nSPS) is 11.6. The maximum atomic E-state index is 4.62. The molecule has 4 heteroatoms. The molecule has 206 valence electrons. The molecule has 0 saturated carbocycles. The van der Waals surface area contributed by atoms with Gasteiger partial charge in [0.15, 0.2) is 0 Å². The lowest BCUT2D eigenvalue weighted by Gasteiger charge is -2.14. The minimum absolute atomic E-state index is 1.01. The van der Waals surface area contributed by atoms with Crippen molar-refractivity contribution in [3.8, 4) is 16.8 Å². The van der Waals surface area contributed by atoms with Gasteiger partial charge in [-0.25, -0.2) is 9.97 Å². The molecule has 9 rings (SSSR count). The molecule has 0 atom stereocenters. The Bertz CT molecular complexity index is 2610. The molecule has 0 N–H and O–H groups in total. The molecule has 9 aromatic rings. The first kappa shape index (κ1) is 25.0. The molecular weight excluding hydrogens is 555 g/mol. The van der Waals surface area contributed by atoms with Crippen LogP contribution in [0.4, 0.5) is 0 Å². The van der Waals surface area contributed by atoms with Crippen LogP contribution in [-0.4, -0.2) is 14.5 Å². The van der Waals surface area contributed by atoms with E-state index in [1.807, 2.05) is 6.20 Å². The van der Waals surface area contributed by atoms with Crippen molar-refractivity contribution in [2.45, 2.75) is 0 Å². The van der Waals surface area contributed by atoms with Gasteiger partial charge >= 0.3 is 0 Å². The molecule has 44 heavy (non-hydrogen) atoms. The van der Waals surface area contributed by atoms with E-state index < -0.39 is 0 Å². The van der Waals surface area contributed by atoms with Crippen molar-refractivity contribution in [2.24, 2.45) is 0 Å². The van der Waals surface area contributed by atoms with Crippen LogP contribution in [0.1, 0.15) is 0 Å². The molecule has 0 saturated heterocycles. The van der Waals surface area contributed by atoms with E-state index in [9.17, 15) is 0 Å². The number of benzene rings is 6. The SMILES string of the molecule is c1ccc(-n2c3ccccc3c3ccccc3c3ccccc3c3cc(-c4cccc5c4sc4cncnc45)ccc32)cc1. The topological polar surface area (TPSA) is 30.7 Å². The summed E-state index contributed by atoms with van der Waals surface area (Å²) >= 11 is 1.76. The standard InChI is InChI=1S/C40H25N3S/c1-2-11-27(12-3-1)43-36-20-9-8-17-33(36)31-15-6-4-13-29(31)30-14-5-7-16-32(30)35-23-26(21-22-37(35)43)28-18-10-19-34-39-38(44-40(28)34)24-41-25-42-39/h1-25H. The van der Waals surface area contributed by atoms with E-state index in [0.29, 0.717) is 0 Å². The molecule has 0 amide bonds. The van der Waals surface area contributed by atoms with Crippen molar-refractivity contribution in [1.29, 1.82) is 0 Å². The highest BCUT2D eigenvalue weighted by molar-refractivity contribution is 7.26. The van der Waals surface area contributed by atoms with Gasteiger partial charge in [-0.3, -0.25) is 0 Å². The molecule has 0 aliphatic carbocycles. The zero-order valence-corrected chi connectivity index (χ0v) is 24.5. The van der Waals surface area contributed by atoms with Crippen LogP contribution in [0, 0.1) is 0 Å². The van der Waals surface area contributed by atoms with Crippen molar-refractivity contribution >= 4 is 75.0 Å². The summed E-state index contributed by atoms with van der Waals surface area (Å²) in [5.41, 5.74) is 6.81. The van der Waals surface area contributed by atoms with Gasteiger partial charge in [-0.1, -0.05) is 109 Å². The van der Waals surface area contributed by atoms with E-state index in [2.05, 4.69) is 154 Å². The fourth-order valence-electron chi connectivity index (χ4n) is 6.67. The third-order valence-electron chi connectivity index (χ3n) is 8.59. The Morgan fingerprint density at radius 3 is 1.89 bits per heavy atom. The molecule has 3 nitrogen and oxygen atoms in total. The number of rotatable bonds is 2. The van der Waals surface area contributed by atoms with Gasteiger partial charge in [-0.15, -0.1) is 11.3 Å². The number of para-hydroxylation sites is 2. The third kappa shape index (κ3) is 3.82. The average molecular weight is 580 g/mol. The molecule has 0 radical (unpaired) electrons. The van der Waals surface area contributed by atoms with E-state index >= 15 is 0 Å². The molecule has 0 aliphatic heterocycles. The first-order valence-corrected chi connectivity index (χ1v) is 15.6. The second-order valence-electron chi connectivity index (χ2n) is 11.0. The largest absolute Gasteiger partial charge is 0.309 e. The Morgan fingerprint density at radius 2 is 1.11 bits per heavy atom. The van der Waals surface area contributed by atoms with Gasteiger partial charge in [-0.2, -0.15) is 0 Å². The summed E-state index contributed by atoms with van der Waals surface area (Å²) in [6, 6.07) is 50.6. The lowest BCUT2D eigenvalue weighted by Crippen LogP contribution is -1.97. The van der Waals surface area contributed by atoms with Crippen molar-refractivity contribution in [2.75, 3.05) is 0 Å². The maximum absolute atomic E-state index is 4.62. The van der Waals surface area contributed by atoms with Crippen LogP contribution in [0.5, 0.6) is 0 Å². The highest BCUT2D eigenvalue weighted by Gasteiger charge is 2.14. The minimum atomic E-state index is 1.01. The van der Waals surface area contributed by atoms with Crippen LogP contribution in [0.25, 0.3) is 80.5 Å². The van der Waals surface area contributed by atoms with Gasteiger partial charge in [0.2, 0.25) is 0 Å². The van der Waals surface area contributed by atoms with E-state index in [1.165, 1.54) is 53.5 Å². The summed E-state index contributed by atoms with van der Waals surface area (Å²) in [6.07, 6.45) is 3.56. The summed E-state index contributed by atoms with van der Waals surface area (Å²) in [5.74, 6) is 0. The number of hydrogen-bond acceptors (Lipinski definition) is 3. The lowest BCUT2D eigenvalue weighted by atomic mass is 9.98. The van der Waals surface area contributed by atoms with Crippen LogP contribution in [-0.2, 0) is 0 Å². The molecule has 3 heterocycles. The summed E-state index contributed by atoms with van der Waals surface area (Å²) in [5, 5.41) is 8.44. The highest BCUT2D eigenvalue weighted by atomic mass is 32.1. The molecule has 0 spiro atoms. The summed E-state index contributed by atoms with van der Waals surface area (Å²) in [4.78, 5) is 8.91. The van der Waals surface area contributed by atoms with Crippen molar-refractivity contribution in [3.63, 3.8) is 0 Å². The summed E-state index contributed by atoms with van der Waals surface area (Å²) in [6.45, 7) is 0. The van der Waals surface area contributed by atoms with E-state index in [-0.39, 0.29) is 0 Å². The maximum Gasteiger partial charge on any atom is 0.116 e. The summed E-state index contributed by atoms with van der Waals surface area (Å²) in [7, 11) is 0. The van der Waals surface area contributed by atoms with E-state index in [0.717, 1.165) is 26.9 Å². The molecular formula is C40H25N3S. The van der Waals surface area contributed by atoms with Crippen LogP contribution >= 0.6 is 11.3 Å². The predicted molar refractivity (Wildman–Crippen MR) is 187 cm³/mol. The molecule has 6 aromatic carbocycles. The van der Waals surface area contributed by atoms with Crippen LogP contribution in [0.2, 0.25) is 0 Å². The highest BCUT2D eigenvalue weighted by Crippen LogP contribution is 2.41. The van der Waals surface area contributed by atoms with Crippen molar-refractivity contribution in [3.05, 3.63) is 152 Å². The predicted octanol–water partition coefficient (Wildman–Crippen LogP) is 11.0. The van der Waals surface area contributed by atoms with Crippen LogP contribution < -0.4 is 0 Å². The zero-order chi connectivity index (χ0) is 29.0. The number of fused-ring (bicyclic) bond motifs is 10. The number of nitrogens with zero attached hydrogens (tertiary/aromatic N) is 3. The Hall–Kier alpha value is -5.58. The molecule has 3 aromatic heterocycles. The van der Waals surface area contributed by atoms with Gasteiger partial charge < -0.3 is 4.57 Å². The van der Waals surface area contributed by atoms with E-state index in [1.54, 1.807) is 17.7 Å².